The highest BCUT2D eigenvalue weighted by Crippen LogP contribution is 2.15. The molecule has 0 unspecified atom stereocenters. The Balaban J connectivity index is 1.41. The molecule has 0 fully saturated rings. The number of rotatable bonds is 14. The largest absolute Gasteiger partial charge is 0.492 e. The standard InChI is InChI=1S/C32H37N5O4S/c1-4-41-27-13-24(16-33-18-27)17-34-19-29(38)28(14-23-9-6-5-7-10-23)36-31(39)25-11-8-12-26(15-25)32(40)37(3)20-30-35-22(2)21-42-30/h5-13,15-16,18,21,28-29,34,38H,4,14,17,19-20H2,1-3H3,(H,36,39)/t28-,29+/m0/s1. The number of amides is 2. The van der Waals surface area contributed by atoms with Crippen LogP contribution in [0.5, 0.6) is 5.75 Å². The van der Waals surface area contributed by atoms with Gasteiger partial charge in [0.2, 0.25) is 0 Å². The van der Waals surface area contributed by atoms with Crippen LogP contribution in [0.2, 0.25) is 0 Å². The van der Waals surface area contributed by atoms with Gasteiger partial charge >= 0.3 is 0 Å². The summed E-state index contributed by atoms with van der Waals surface area (Å²) in [6, 6.07) is 17.7. The zero-order valence-corrected chi connectivity index (χ0v) is 24.9. The predicted molar refractivity (Wildman–Crippen MR) is 164 cm³/mol. The predicted octanol–water partition coefficient (Wildman–Crippen LogP) is 4.01. The van der Waals surface area contributed by atoms with E-state index in [1.165, 1.54) is 11.3 Å². The summed E-state index contributed by atoms with van der Waals surface area (Å²) in [5, 5.41) is 20.2. The first-order valence-electron chi connectivity index (χ1n) is 13.9. The molecule has 0 spiro atoms. The van der Waals surface area contributed by atoms with Crippen LogP contribution in [0.4, 0.5) is 0 Å². The van der Waals surface area contributed by atoms with E-state index in [9.17, 15) is 14.7 Å². The first-order valence-corrected chi connectivity index (χ1v) is 14.8. The number of benzene rings is 2. The molecule has 2 amide bonds. The van der Waals surface area contributed by atoms with Crippen molar-refractivity contribution in [3.05, 3.63) is 111 Å². The number of carbonyl (C=O) groups is 2. The number of hydrogen-bond donors (Lipinski definition) is 3. The molecule has 4 rings (SSSR count). The molecule has 220 valence electrons. The van der Waals surface area contributed by atoms with E-state index in [4.69, 9.17) is 4.74 Å². The van der Waals surface area contributed by atoms with Gasteiger partial charge in [-0.25, -0.2) is 4.98 Å². The fourth-order valence-electron chi connectivity index (χ4n) is 4.48. The van der Waals surface area contributed by atoms with Gasteiger partial charge in [-0.2, -0.15) is 0 Å². The molecule has 3 N–H and O–H groups in total. The Morgan fingerprint density at radius 1 is 1.05 bits per heavy atom. The van der Waals surface area contributed by atoms with Gasteiger partial charge < -0.3 is 25.4 Å². The Morgan fingerprint density at radius 3 is 2.57 bits per heavy atom. The highest BCUT2D eigenvalue weighted by Gasteiger charge is 2.23. The third-order valence-electron chi connectivity index (χ3n) is 6.60. The topological polar surface area (TPSA) is 117 Å². The molecule has 0 aliphatic rings. The lowest BCUT2D eigenvalue weighted by molar-refractivity contribution is 0.0784. The lowest BCUT2D eigenvalue weighted by Gasteiger charge is -2.25. The molecular weight excluding hydrogens is 550 g/mol. The van der Waals surface area contributed by atoms with Crippen LogP contribution in [-0.2, 0) is 19.5 Å². The summed E-state index contributed by atoms with van der Waals surface area (Å²) < 4.78 is 5.51. The minimum atomic E-state index is -0.880. The molecule has 0 aliphatic heterocycles. The summed E-state index contributed by atoms with van der Waals surface area (Å²) in [4.78, 5) is 36.7. The van der Waals surface area contributed by atoms with Gasteiger partial charge in [0.15, 0.2) is 0 Å². The Morgan fingerprint density at radius 2 is 1.83 bits per heavy atom. The zero-order valence-electron chi connectivity index (χ0n) is 24.1. The maximum absolute atomic E-state index is 13.4. The zero-order chi connectivity index (χ0) is 29.9. The molecule has 2 atom stereocenters. The van der Waals surface area contributed by atoms with Crippen LogP contribution >= 0.6 is 11.3 Å². The lowest BCUT2D eigenvalue weighted by Crippen LogP contribution is -2.48. The molecule has 9 nitrogen and oxygen atoms in total. The van der Waals surface area contributed by atoms with Crippen molar-refractivity contribution in [2.75, 3.05) is 20.2 Å². The van der Waals surface area contributed by atoms with E-state index in [0.717, 1.165) is 21.8 Å². The molecular formula is C32H37N5O4S. The summed E-state index contributed by atoms with van der Waals surface area (Å²) >= 11 is 1.51. The average molecular weight is 588 g/mol. The molecule has 10 heteroatoms. The highest BCUT2D eigenvalue weighted by molar-refractivity contribution is 7.09. The van der Waals surface area contributed by atoms with Gasteiger partial charge in [-0.3, -0.25) is 14.6 Å². The summed E-state index contributed by atoms with van der Waals surface area (Å²) in [6.07, 6.45) is 2.96. The average Bonchev–Trinajstić information content (AvgIpc) is 3.41. The van der Waals surface area contributed by atoms with Crippen LogP contribution in [0.25, 0.3) is 0 Å². The molecule has 2 aromatic heterocycles. The van der Waals surface area contributed by atoms with Crippen molar-refractivity contribution in [1.82, 2.24) is 25.5 Å². The van der Waals surface area contributed by atoms with Crippen molar-refractivity contribution in [2.45, 2.75) is 45.5 Å². The maximum atomic E-state index is 13.4. The Bertz CT molecular complexity index is 1460. The van der Waals surface area contributed by atoms with E-state index in [1.807, 2.05) is 55.6 Å². The van der Waals surface area contributed by atoms with Crippen LogP contribution < -0.4 is 15.4 Å². The quantitative estimate of drug-likeness (QED) is 0.204. The molecule has 0 aliphatic carbocycles. The second kappa shape index (κ2) is 15.2. The number of aliphatic hydroxyl groups excluding tert-OH is 1. The monoisotopic (exact) mass is 587 g/mol. The van der Waals surface area contributed by atoms with E-state index >= 15 is 0 Å². The smallest absolute Gasteiger partial charge is 0.253 e. The van der Waals surface area contributed by atoms with E-state index in [2.05, 4.69) is 20.6 Å². The highest BCUT2D eigenvalue weighted by atomic mass is 32.1. The van der Waals surface area contributed by atoms with Crippen molar-refractivity contribution in [1.29, 1.82) is 0 Å². The molecule has 0 saturated carbocycles. The number of pyridine rings is 1. The maximum Gasteiger partial charge on any atom is 0.253 e. The number of nitrogens with zero attached hydrogens (tertiary/aromatic N) is 3. The number of ether oxygens (including phenoxy) is 1. The molecule has 2 heterocycles. The number of carbonyl (C=O) groups excluding carboxylic acids is 2. The van der Waals surface area contributed by atoms with Crippen LogP contribution in [-0.4, -0.2) is 64.1 Å². The van der Waals surface area contributed by atoms with Gasteiger partial charge in [0, 0.05) is 48.5 Å². The number of aromatic nitrogens is 2. The van der Waals surface area contributed by atoms with Crippen molar-refractivity contribution in [3.8, 4) is 5.75 Å². The van der Waals surface area contributed by atoms with Crippen molar-refractivity contribution in [3.63, 3.8) is 0 Å². The van der Waals surface area contributed by atoms with Gasteiger partial charge in [-0.15, -0.1) is 11.3 Å². The number of aryl methyl sites for hydroxylation is 1. The Kier molecular flexibility index (Phi) is 11.2. The first-order chi connectivity index (χ1) is 20.3. The third-order valence-corrected chi connectivity index (χ3v) is 7.55. The third kappa shape index (κ3) is 8.94. The fraction of sp³-hybridized carbons (Fsp3) is 0.312. The number of aliphatic hydroxyl groups is 1. The van der Waals surface area contributed by atoms with Gasteiger partial charge in [0.25, 0.3) is 11.8 Å². The van der Waals surface area contributed by atoms with Gasteiger partial charge in [0.05, 0.1) is 31.5 Å². The number of nitrogens with one attached hydrogen (secondary N) is 2. The number of hydrogen-bond acceptors (Lipinski definition) is 8. The summed E-state index contributed by atoms with van der Waals surface area (Å²) in [5.41, 5.74) is 3.58. The summed E-state index contributed by atoms with van der Waals surface area (Å²) in [6.45, 7) is 5.50. The van der Waals surface area contributed by atoms with Gasteiger partial charge in [0.1, 0.15) is 10.8 Å². The molecule has 42 heavy (non-hydrogen) atoms. The van der Waals surface area contributed by atoms with Crippen molar-refractivity contribution < 1.29 is 19.4 Å². The van der Waals surface area contributed by atoms with Gasteiger partial charge in [-0.1, -0.05) is 36.4 Å². The van der Waals surface area contributed by atoms with Crippen LogP contribution in [0.1, 0.15) is 49.5 Å². The van der Waals surface area contributed by atoms with Gasteiger partial charge in [-0.05, 0) is 55.7 Å². The van der Waals surface area contributed by atoms with Crippen LogP contribution in [0.3, 0.4) is 0 Å². The van der Waals surface area contributed by atoms with Crippen LogP contribution in [0, 0.1) is 6.92 Å². The van der Waals surface area contributed by atoms with Crippen LogP contribution in [0.15, 0.2) is 78.4 Å². The Hall–Kier alpha value is -4.12. The Labute approximate surface area is 250 Å². The molecule has 0 bridgehead atoms. The second-order valence-electron chi connectivity index (χ2n) is 10.1. The minimum Gasteiger partial charge on any atom is -0.492 e. The summed E-state index contributed by atoms with van der Waals surface area (Å²) in [5.74, 6) is 0.124. The van der Waals surface area contributed by atoms with E-state index in [-0.39, 0.29) is 18.4 Å². The van der Waals surface area contributed by atoms with E-state index in [0.29, 0.717) is 43.0 Å². The normalized spacial score (nSPS) is 12.4. The number of thiazole rings is 1. The molecule has 0 saturated heterocycles. The fourth-order valence-corrected chi connectivity index (χ4v) is 5.30. The molecule has 4 aromatic rings. The first kappa shape index (κ1) is 30.8. The summed E-state index contributed by atoms with van der Waals surface area (Å²) in [7, 11) is 1.72. The van der Waals surface area contributed by atoms with Crippen molar-refractivity contribution in [2.24, 2.45) is 0 Å². The molecule has 0 radical (unpaired) electrons. The van der Waals surface area contributed by atoms with Crippen molar-refractivity contribution >= 4 is 23.2 Å². The van der Waals surface area contributed by atoms with E-state index < -0.39 is 12.1 Å². The lowest BCUT2D eigenvalue weighted by atomic mass is 10.00. The molecule has 2 aromatic carbocycles. The van der Waals surface area contributed by atoms with E-state index in [1.54, 1.807) is 48.6 Å². The minimum absolute atomic E-state index is 0.203. The SMILES string of the molecule is CCOc1cncc(CNC[C@@H](O)[C@H](Cc2ccccc2)NC(=O)c2cccc(C(=O)N(C)Cc3nc(C)cs3)c2)c1. The second-order valence-corrected chi connectivity index (χ2v) is 11.0.